The fraction of sp³-hybridized carbons (Fsp3) is 0.381. The highest BCUT2D eigenvalue weighted by Crippen LogP contribution is 2.32. The number of anilines is 3. The average molecular weight is 462 g/mol. The van der Waals surface area contributed by atoms with Gasteiger partial charge < -0.3 is 15.5 Å². The quantitative estimate of drug-likeness (QED) is 0.599. The first-order valence-electron chi connectivity index (χ1n) is 9.81. The SMILES string of the molecule is C.Cc1nc(NCc2cnn(Cc3ccc(C(F)(F)F)nc3)c2)nc2c1NC(=O)[C@@H](C)N2C. The van der Waals surface area contributed by atoms with Crippen molar-refractivity contribution in [1.82, 2.24) is 24.7 Å². The van der Waals surface area contributed by atoms with Crippen LogP contribution in [0.2, 0.25) is 0 Å². The largest absolute Gasteiger partial charge is 0.433 e. The number of nitrogens with zero attached hydrogens (tertiary/aromatic N) is 6. The van der Waals surface area contributed by atoms with Gasteiger partial charge in [-0.25, -0.2) is 4.98 Å². The van der Waals surface area contributed by atoms with Crippen LogP contribution in [0.4, 0.5) is 30.6 Å². The summed E-state index contributed by atoms with van der Waals surface area (Å²) in [6, 6.07) is 2.00. The topological polar surface area (TPSA) is 101 Å². The number of aryl methyl sites for hydroxylation is 1. The highest BCUT2D eigenvalue weighted by atomic mass is 19.4. The summed E-state index contributed by atoms with van der Waals surface area (Å²) in [5.41, 5.74) is 1.77. The van der Waals surface area contributed by atoms with Crippen molar-refractivity contribution in [3.05, 3.63) is 53.2 Å². The zero-order chi connectivity index (χ0) is 23.0. The summed E-state index contributed by atoms with van der Waals surface area (Å²) in [7, 11) is 1.80. The van der Waals surface area contributed by atoms with E-state index in [1.807, 2.05) is 0 Å². The van der Waals surface area contributed by atoms with E-state index in [-0.39, 0.29) is 19.4 Å². The molecule has 176 valence electrons. The molecule has 0 bridgehead atoms. The number of fused-ring (bicyclic) bond motifs is 1. The number of aromatic nitrogens is 5. The van der Waals surface area contributed by atoms with Gasteiger partial charge in [0, 0.05) is 31.5 Å². The van der Waals surface area contributed by atoms with Gasteiger partial charge in [0.05, 0.1) is 18.4 Å². The normalized spacial score (nSPS) is 15.5. The maximum absolute atomic E-state index is 12.6. The highest BCUT2D eigenvalue weighted by molar-refractivity contribution is 6.03. The van der Waals surface area contributed by atoms with E-state index < -0.39 is 11.9 Å². The summed E-state index contributed by atoms with van der Waals surface area (Å²) in [4.78, 5) is 26.2. The van der Waals surface area contributed by atoms with E-state index in [1.165, 1.54) is 12.3 Å². The Morgan fingerprint density at radius 1 is 1.18 bits per heavy atom. The number of carbonyl (C=O) groups excluding carboxylic acids is 1. The zero-order valence-electron chi connectivity index (χ0n) is 17.6. The Morgan fingerprint density at radius 2 is 1.94 bits per heavy atom. The molecule has 0 saturated heterocycles. The Labute approximate surface area is 189 Å². The first-order chi connectivity index (χ1) is 15.1. The van der Waals surface area contributed by atoms with E-state index in [0.717, 1.165) is 11.6 Å². The van der Waals surface area contributed by atoms with Crippen LogP contribution in [0.25, 0.3) is 0 Å². The second-order valence-corrected chi connectivity index (χ2v) is 7.56. The third kappa shape index (κ3) is 5.04. The number of carbonyl (C=O) groups is 1. The van der Waals surface area contributed by atoms with E-state index in [9.17, 15) is 18.0 Å². The van der Waals surface area contributed by atoms with Gasteiger partial charge in [-0.1, -0.05) is 13.5 Å². The minimum atomic E-state index is -4.46. The molecule has 12 heteroatoms. The summed E-state index contributed by atoms with van der Waals surface area (Å²) >= 11 is 0. The average Bonchev–Trinajstić information content (AvgIpc) is 3.18. The molecule has 0 saturated carbocycles. The second kappa shape index (κ2) is 9.04. The third-order valence-electron chi connectivity index (χ3n) is 5.21. The number of likely N-dealkylation sites (N-methyl/N-ethyl adjacent to an activating group) is 1. The molecule has 1 aliphatic heterocycles. The molecule has 33 heavy (non-hydrogen) atoms. The molecule has 1 amide bonds. The number of rotatable bonds is 5. The zero-order valence-corrected chi connectivity index (χ0v) is 17.6. The number of hydrogen-bond acceptors (Lipinski definition) is 7. The molecule has 1 atom stereocenters. The molecule has 0 aliphatic carbocycles. The van der Waals surface area contributed by atoms with Crippen LogP contribution >= 0.6 is 0 Å². The van der Waals surface area contributed by atoms with Crippen molar-refractivity contribution >= 4 is 23.4 Å². The molecule has 0 unspecified atom stereocenters. The first-order valence-corrected chi connectivity index (χ1v) is 9.81. The summed E-state index contributed by atoms with van der Waals surface area (Å²) in [5.74, 6) is 0.941. The predicted octanol–water partition coefficient (Wildman–Crippen LogP) is 3.47. The van der Waals surface area contributed by atoms with E-state index >= 15 is 0 Å². The van der Waals surface area contributed by atoms with Crippen molar-refractivity contribution in [2.45, 2.75) is 46.6 Å². The van der Waals surface area contributed by atoms with Crippen LogP contribution in [0, 0.1) is 6.92 Å². The van der Waals surface area contributed by atoms with Crippen LogP contribution < -0.4 is 15.5 Å². The molecule has 0 radical (unpaired) electrons. The van der Waals surface area contributed by atoms with Gasteiger partial charge in [-0.15, -0.1) is 0 Å². The molecule has 0 aromatic carbocycles. The minimum Gasteiger partial charge on any atom is -0.350 e. The van der Waals surface area contributed by atoms with Crippen LogP contribution in [0.5, 0.6) is 0 Å². The fourth-order valence-electron chi connectivity index (χ4n) is 3.26. The molecule has 3 aromatic rings. The van der Waals surface area contributed by atoms with Gasteiger partial charge in [0.1, 0.15) is 17.4 Å². The maximum atomic E-state index is 12.6. The summed E-state index contributed by atoms with van der Waals surface area (Å²) < 4.78 is 39.5. The van der Waals surface area contributed by atoms with Crippen molar-refractivity contribution in [3.8, 4) is 0 Å². The van der Waals surface area contributed by atoms with E-state index in [4.69, 9.17) is 0 Å². The number of pyridine rings is 1. The van der Waals surface area contributed by atoms with Crippen LogP contribution in [-0.4, -0.2) is 43.7 Å². The van der Waals surface area contributed by atoms with Gasteiger partial charge in [-0.05, 0) is 25.5 Å². The van der Waals surface area contributed by atoms with Gasteiger partial charge >= 0.3 is 6.18 Å². The molecule has 1 aliphatic rings. The minimum absolute atomic E-state index is 0. The lowest BCUT2D eigenvalue weighted by Crippen LogP contribution is -2.44. The van der Waals surface area contributed by atoms with Gasteiger partial charge in [0.15, 0.2) is 5.82 Å². The van der Waals surface area contributed by atoms with Crippen molar-refractivity contribution in [1.29, 1.82) is 0 Å². The fourth-order valence-corrected chi connectivity index (χ4v) is 3.26. The summed E-state index contributed by atoms with van der Waals surface area (Å²) in [6.07, 6.45) is 0.176. The Kier molecular flexibility index (Phi) is 6.56. The second-order valence-electron chi connectivity index (χ2n) is 7.56. The molecular formula is C21H25F3N8O. The lowest BCUT2D eigenvalue weighted by Gasteiger charge is -2.32. The number of hydrogen-bond donors (Lipinski definition) is 2. The highest BCUT2D eigenvalue weighted by Gasteiger charge is 2.32. The van der Waals surface area contributed by atoms with Crippen molar-refractivity contribution < 1.29 is 18.0 Å². The number of halogens is 3. The number of amides is 1. The molecule has 0 fully saturated rings. The van der Waals surface area contributed by atoms with Gasteiger partial charge in [0.2, 0.25) is 11.9 Å². The van der Waals surface area contributed by atoms with E-state index in [2.05, 4.69) is 30.7 Å². The maximum Gasteiger partial charge on any atom is 0.433 e. The lowest BCUT2D eigenvalue weighted by molar-refractivity contribution is -0.141. The Balaban J connectivity index is 0.00000306. The van der Waals surface area contributed by atoms with Crippen molar-refractivity contribution in [2.24, 2.45) is 0 Å². The molecule has 9 nitrogen and oxygen atoms in total. The molecule has 3 aromatic heterocycles. The third-order valence-corrected chi connectivity index (χ3v) is 5.21. The predicted molar refractivity (Wildman–Crippen MR) is 118 cm³/mol. The lowest BCUT2D eigenvalue weighted by atomic mass is 10.2. The van der Waals surface area contributed by atoms with Crippen LogP contribution in [0.3, 0.4) is 0 Å². The van der Waals surface area contributed by atoms with E-state index in [0.29, 0.717) is 41.8 Å². The standard InChI is InChI=1S/C20H21F3N8O.CH4/c1-11-16-17(30(3)12(2)18(32)28-16)29-19(27-11)25-7-14-8-26-31(10-14)9-13-4-5-15(24-6-13)20(21,22)23;/h4-6,8,10,12H,7,9H2,1-3H3,(H,28,32)(H,25,27,29);1H4/t12-;/m1./s1. The van der Waals surface area contributed by atoms with Crippen LogP contribution in [-0.2, 0) is 24.1 Å². The molecule has 0 spiro atoms. The van der Waals surface area contributed by atoms with Crippen molar-refractivity contribution in [3.63, 3.8) is 0 Å². The molecule has 4 rings (SSSR count). The van der Waals surface area contributed by atoms with Crippen LogP contribution in [0.1, 0.15) is 36.9 Å². The van der Waals surface area contributed by atoms with Gasteiger partial charge in [-0.2, -0.15) is 23.3 Å². The van der Waals surface area contributed by atoms with Gasteiger partial charge in [-0.3, -0.25) is 14.5 Å². The summed E-state index contributed by atoms with van der Waals surface area (Å²) in [5, 5.41) is 10.2. The van der Waals surface area contributed by atoms with Gasteiger partial charge in [0.25, 0.3) is 0 Å². The van der Waals surface area contributed by atoms with Crippen molar-refractivity contribution in [2.75, 3.05) is 22.6 Å². The Morgan fingerprint density at radius 3 is 2.61 bits per heavy atom. The number of nitrogens with one attached hydrogen (secondary N) is 2. The Bertz CT molecular complexity index is 1140. The molecule has 4 heterocycles. The van der Waals surface area contributed by atoms with Crippen LogP contribution in [0.15, 0.2) is 30.7 Å². The smallest absolute Gasteiger partial charge is 0.350 e. The number of alkyl halides is 3. The first kappa shape index (κ1) is 24.0. The summed E-state index contributed by atoms with van der Waals surface area (Å²) in [6.45, 7) is 4.28. The monoisotopic (exact) mass is 462 g/mol. The Hall–Kier alpha value is -3.70. The van der Waals surface area contributed by atoms with E-state index in [1.54, 1.807) is 42.9 Å². The molecular weight excluding hydrogens is 437 g/mol. The molecule has 2 N–H and O–H groups in total.